The predicted octanol–water partition coefficient (Wildman–Crippen LogP) is 16.5. The molecule has 1 rings (SSSR count). The minimum absolute atomic E-state index is 0.881. The maximum atomic E-state index is 2.49. The lowest BCUT2D eigenvalue weighted by atomic mass is 9.86. The van der Waals surface area contributed by atoms with Crippen molar-refractivity contribution in [1.82, 2.24) is 0 Å². The van der Waals surface area contributed by atoms with E-state index in [-0.39, 0.29) is 0 Å². The van der Waals surface area contributed by atoms with E-state index in [1.807, 2.05) is 27.7 Å². The number of hydrogen-bond acceptors (Lipinski definition) is 0. The Labute approximate surface area is 262 Å². The fourth-order valence-electron chi connectivity index (χ4n) is 4.80. The first-order valence-corrected chi connectivity index (χ1v) is 19.2. The fourth-order valence-corrected chi connectivity index (χ4v) is 4.80. The lowest BCUT2D eigenvalue weighted by molar-refractivity contribution is 0.321. The highest BCUT2D eigenvalue weighted by atomic mass is 14.2. The van der Waals surface area contributed by atoms with Gasteiger partial charge >= 0.3 is 0 Å². The van der Waals surface area contributed by atoms with Crippen molar-refractivity contribution in [2.45, 2.75) is 239 Å². The second kappa shape index (κ2) is 55.0. The van der Waals surface area contributed by atoms with Crippen LogP contribution in [0.5, 0.6) is 0 Å². The number of rotatable bonds is 9. The Kier molecular flexibility index (Phi) is 72.4. The SMILES string of the molecule is CC.CC.CCC.CCC.CCCC.CCCC(C)CC(C)C.CCCCCC1CCCCCCCCC(C)C1. The molecule has 1 aliphatic rings. The average Bonchev–Trinajstić information content (AvgIpc) is 2.98. The van der Waals surface area contributed by atoms with Gasteiger partial charge in [0.15, 0.2) is 0 Å². The molecule has 3 unspecified atom stereocenters. The smallest absolute Gasteiger partial charge is 0.0412 e. The van der Waals surface area contributed by atoms with Crippen LogP contribution in [0.2, 0.25) is 0 Å². The maximum absolute atomic E-state index is 2.49. The predicted molar refractivity (Wildman–Crippen MR) is 197 cm³/mol. The zero-order chi connectivity index (χ0) is 32.5. The summed E-state index contributed by atoms with van der Waals surface area (Å²) in [6.07, 6.45) is 28.6. The van der Waals surface area contributed by atoms with Gasteiger partial charge in [-0.25, -0.2) is 0 Å². The Morgan fingerprint density at radius 1 is 0.550 bits per heavy atom. The van der Waals surface area contributed by atoms with Gasteiger partial charge in [-0.1, -0.05) is 226 Å². The molecule has 3 atom stereocenters. The van der Waals surface area contributed by atoms with Gasteiger partial charge < -0.3 is 0 Å². The highest BCUT2D eigenvalue weighted by Gasteiger charge is 2.13. The molecule has 252 valence electrons. The molecule has 0 aromatic carbocycles. The van der Waals surface area contributed by atoms with E-state index in [4.69, 9.17) is 0 Å². The van der Waals surface area contributed by atoms with Crippen LogP contribution < -0.4 is 0 Å². The summed E-state index contributed by atoms with van der Waals surface area (Å²) in [5.41, 5.74) is 0. The molecule has 0 aromatic rings. The van der Waals surface area contributed by atoms with Crippen LogP contribution in [0.4, 0.5) is 0 Å². The van der Waals surface area contributed by atoms with E-state index in [0.29, 0.717) is 0 Å². The summed E-state index contributed by atoms with van der Waals surface area (Å²) in [5, 5.41) is 0. The van der Waals surface area contributed by atoms with Crippen molar-refractivity contribution in [2.75, 3.05) is 0 Å². The van der Waals surface area contributed by atoms with Crippen molar-refractivity contribution in [1.29, 1.82) is 0 Å². The third kappa shape index (κ3) is 66.4. The Bertz CT molecular complexity index is 314. The summed E-state index contributed by atoms with van der Waals surface area (Å²) < 4.78 is 0. The highest BCUT2D eigenvalue weighted by Crippen LogP contribution is 2.28. The van der Waals surface area contributed by atoms with Gasteiger partial charge in [-0.05, 0) is 36.5 Å². The molecule has 0 nitrogen and oxygen atoms in total. The van der Waals surface area contributed by atoms with Crippen molar-refractivity contribution in [2.24, 2.45) is 23.7 Å². The van der Waals surface area contributed by atoms with Gasteiger partial charge in [0.05, 0.1) is 0 Å². The van der Waals surface area contributed by atoms with Crippen LogP contribution in [0.15, 0.2) is 0 Å². The molecule has 1 aliphatic carbocycles. The largest absolute Gasteiger partial charge is 0.0683 e. The lowest BCUT2D eigenvalue weighted by Crippen LogP contribution is -2.07. The van der Waals surface area contributed by atoms with Crippen LogP contribution in [0.25, 0.3) is 0 Å². The van der Waals surface area contributed by atoms with Crippen LogP contribution in [0, 0.1) is 23.7 Å². The molecule has 0 heterocycles. The molecule has 0 amide bonds. The zero-order valence-electron chi connectivity index (χ0n) is 32.5. The summed E-state index contributed by atoms with van der Waals surface area (Å²) in [6.45, 7) is 34.9. The summed E-state index contributed by atoms with van der Waals surface area (Å²) in [6, 6.07) is 0. The van der Waals surface area contributed by atoms with Gasteiger partial charge in [0.25, 0.3) is 0 Å². The number of hydrogen-bond donors (Lipinski definition) is 0. The average molecular weight is 573 g/mol. The first kappa shape index (κ1) is 52.6. The standard InChI is InChI=1S/C17H34.C9H20.C4H10.2C3H8.2C2H6/c1-3-4-9-13-17-14-11-8-6-5-7-10-12-16(2)15-17;1-5-6-9(4)7-8(2)3;1-3-4-2;2*1-3-2;2*1-2/h16-17H,3-15H2,1-2H3;8-9H,5-7H2,1-4H3;3-4H2,1-2H3;2*3H2,1-2H3;2*1-2H3. The van der Waals surface area contributed by atoms with E-state index >= 15 is 0 Å². The third-order valence-corrected chi connectivity index (χ3v) is 6.67. The Hall–Kier alpha value is 0. The van der Waals surface area contributed by atoms with E-state index in [2.05, 4.69) is 83.1 Å². The van der Waals surface area contributed by atoms with E-state index in [0.717, 1.165) is 23.7 Å². The zero-order valence-corrected chi connectivity index (χ0v) is 32.5. The summed E-state index contributed by atoms with van der Waals surface area (Å²) >= 11 is 0. The molecule has 0 N–H and O–H groups in total. The molecular weight excluding hydrogens is 480 g/mol. The molecule has 0 bridgehead atoms. The van der Waals surface area contributed by atoms with Crippen molar-refractivity contribution in [3.63, 3.8) is 0 Å². The molecular formula is C40H92. The van der Waals surface area contributed by atoms with Gasteiger partial charge in [0, 0.05) is 0 Å². The summed E-state index contributed by atoms with van der Waals surface area (Å²) in [5.74, 6) is 3.86. The van der Waals surface area contributed by atoms with E-state index in [1.54, 1.807) is 0 Å². The topological polar surface area (TPSA) is 0 Å². The molecule has 0 radical (unpaired) electrons. The molecule has 0 spiro atoms. The van der Waals surface area contributed by atoms with Gasteiger partial charge in [-0.15, -0.1) is 0 Å². The Morgan fingerprint density at radius 3 is 1.35 bits per heavy atom. The van der Waals surface area contributed by atoms with Gasteiger partial charge in [0.2, 0.25) is 0 Å². The minimum Gasteiger partial charge on any atom is -0.0683 e. The van der Waals surface area contributed by atoms with Gasteiger partial charge in [-0.3, -0.25) is 0 Å². The molecule has 0 heteroatoms. The van der Waals surface area contributed by atoms with Crippen molar-refractivity contribution < 1.29 is 0 Å². The van der Waals surface area contributed by atoms with Crippen molar-refractivity contribution >= 4 is 0 Å². The van der Waals surface area contributed by atoms with Crippen LogP contribution >= 0.6 is 0 Å². The van der Waals surface area contributed by atoms with E-state index < -0.39 is 0 Å². The summed E-state index contributed by atoms with van der Waals surface area (Å²) in [7, 11) is 0. The first-order chi connectivity index (χ1) is 19.2. The highest BCUT2D eigenvalue weighted by molar-refractivity contribution is 4.66. The number of unbranched alkanes of at least 4 members (excludes halogenated alkanes) is 3. The van der Waals surface area contributed by atoms with Crippen molar-refractivity contribution in [3.05, 3.63) is 0 Å². The molecule has 1 fully saturated rings. The fraction of sp³-hybridized carbons (Fsp3) is 1.00. The summed E-state index contributed by atoms with van der Waals surface area (Å²) in [4.78, 5) is 0. The normalized spacial score (nSPS) is 17.3. The van der Waals surface area contributed by atoms with Crippen molar-refractivity contribution in [3.8, 4) is 0 Å². The van der Waals surface area contributed by atoms with Crippen LogP contribution in [0.1, 0.15) is 239 Å². The first-order valence-electron chi connectivity index (χ1n) is 19.2. The third-order valence-electron chi connectivity index (χ3n) is 6.67. The molecule has 40 heavy (non-hydrogen) atoms. The molecule has 0 saturated heterocycles. The lowest BCUT2D eigenvalue weighted by Gasteiger charge is -2.20. The quantitative estimate of drug-likeness (QED) is 0.241. The van der Waals surface area contributed by atoms with Gasteiger partial charge in [0.1, 0.15) is 0 Å². The van der Waals surface area contributed by atoms with Crippen LogP contribution in [-0.4, -0.2) is 0 Å². The van der Waals surface area contributed by atoms with Gasteiger partial charge in [-0.2, -0.15) is 0 Å². The van der Waals surface area contributed by atoms with E-state index in [9.17, 15) is 0 Å². The minimum atomic E-state index is 0.881. The molecule has 0 aromatic heterocycles. The molecule has 1 saturated carbocycles. The van der Waals surface area contributed by atoms with E-state index in [1.165, 1.54) is 128 Å². The molecule has 0 aliphatic heterocycles. The Morgan fingerprint density at radius 2 is 0.975 bits per heavy atom. The second-order valence-corrected chi connectivity index (χ2v) is 12.3. The van der Waals surface area contributed by atoms with Crippen LogP contribution in [-0.2, 0) is 0 Å². The van der Waals surface area contributed by atoms with Crippen LogP contribution in [0.3, 0.4) is 0 Å². The second-order valence-electron chi connectivity index (χ2n) is 12.3. The monoisotopic (exact) mass is 573 g/mol. The maximum Gasteiger partial charge on any atom is -0.0412 e. The Balaban J connectivity index is -0.000000106.